The van der Waals surface area contributed by atoms with Crippen molar-refractivity contribution in [2.24, 2.45) is 4.99 Å². The second-order valence-electron chi connectivity index (χ2n) is 6.24. The zero-order valence-corrected chi connectivity index (χ0v) is 15.3. The van der Waals surface area contributed by atoms with Gasteiger partial charge in [-0.05, 0) is 35.2 Å². The van der Waals surface area contributed by atoms with Gasteiger partial charge in [-0.2, -0.15) is 5.10 Å². The number of guanidine groups is 1. The van der Waals surface area contributed by atoms with Crippen molar-refractivity contribution in [3.05, 3.63) is 84.2 Å². The average molecular weight is 347 g/mol. The molecule has 0 fully saturated rings. The van der Waals surface area contributed by atoms with Crippen LogP contribution < -0.4 is 10.6 Å². The van der Waals surface area contributed by atoms with Crippen molar-refractivity contribution in [3.8, 4) is 5.69 Å². The number of aliphatic imine (C=N–C) groups is 1. The molecule has 26 heavy (non-hydrogen) atoms. The van der Waals surface area contributed by atoms with Gasteiger partial charge in [-0.25, -0.2) is 4.68 Å². The highest BCUT2D eigenvalue weighted by atomic mass is 15.3. The average Bonchev–Trinajstić information content (AvgIpc) is 3.24. The van der Waals surface area contributed by atoms with Crippen molar-refractivity contribution in [1.82, 2.24) is 20.4 Å². The van der Waals surface area contributed by atoms with E-state index in [1.54, 1.807) is 13.2 Å². The summed E-state index contributed by atoms with van der Waals surface area (Å²) in [7, 11) is 1.79. The Morgan fingerprint density at radius 2 is 1.92 bits per heavy atom. The summed E-state index contributed by atoms with van der Waals surface area (Å²) >= 11 is 0. The van der Waals surface area contributed by atoms with E-state index in [-0.39, 0.29) is 0 Å². The molecule has 1 atom stereocenters. The highest BCUT2D eigenvalue weighted by molar-refractivity contribution is 5.79. The molecule has 0 aliphatic heterocycles. The minimum atomic E-state index is 0.415. The first-order valence-corrected chi connectivity index (χ1v) is 8.84. The van der Waals surface area contributed by atoms with Crippen molar-refractivity contribution < 1.29 is 0 Å². The van der Waals surface area contributed by atoms with Crippen molar-refractivity contribution in [2.45, 2.75) is 19.4 Å². The number of benzene rings is 2. The first-order chi connectivity index (χ1) is 12.8. The van der Waals surface area contributed by atoms with Crippen molar-refractivity contribution in [1.29, 1.82) is 0 Å². The number of nitrogens with zero attached hydrogens (tertiary/aromatic N) is 3. The van der Waals surface area contributed by atoms with Crippen LogP contribution in [0, 0.1) is 0 Å². The van der Waals surface area contributed by atoms with E-state index in [4.69, 9.17) is 0 Å². The third-order valence-corrected chi connectivity index (χ3v) is 4.31. The zero-order valence-electron chi connectivity index (χ0n) is 15.3. The summed E-state index contributed by atoms with van der Waals surface area (Å²) in [4.78, 5) is 4.32. The molecule has 0 amide bonds. The van der Waals surface area contributed by atoms with E-state index < -0.39 is 0 Å². The van der Waals surface area contributed by atoms with Gasteiger partial charge in [0.1, 0.15) is 0 Å². The number of rotatable bonds is 6. The number of nitrogens with one attached hydrogen (secondary N) is 2. The molecule has 0 aliphatic rings. The van der Waals surface area contributed by atoms with Crippen LogP contribution in [0.1, 0.15) is 24.0 Å². The predicted molar refractivity (Wildman–Crippen MR) is 107 cm³/mol. The molecule has 1 unspecified atom stereocenters. The molecule has 0 aliphatic carbocycles. The van der Waals surface area contributed by atoms with Gasteiger partial charge in [0.05, 0.1) is 5.69 Å². The standard InChI is InChI=1S/C21H25N5/c1-17(19-9-4-3-5-10-19)15-23-21(22-2)24-16-18-8-6-11-20(14-18)26-13-7-12-25-26/h3-14,17H,15-16H2,1-2H3,(H2,22,23,24). The lowest BCUT2D eigenvalue weighted by atomic mass is 10.0. The van der Waals surface area contributed by atoms with Crippen LogP contribution >= 0.6 is 0 Å². The van der Waals surface area contributed by atoms with Crippen molar-refractivity contribution in [3.63, 3.8) is 0 Å². The van der Waals surface area contributed by atoms with Crippen LogP contribution in [0.4, 0.5) is 0 Å². The smallest absolute Gasteiger partial charge is 0.191 e. The van der Waals surface area contributed by atoms with Crippen LogP contribution in [0.2, 0.25) is 0 Å². The van der Waals surface area contributed by atoms with Gasteiger partial charge in [-0.3, -0.25) is 4.99 Å². The Labute approximate surface area is 154 Å². The molecule has 3 aromatic rings. The fourth-order valence-corrected chi connectivity index (χ4v) is 2.79. The van der Waals surface area contributed by atoms with E-state index in [0.29, 0.717) is 12.5 Å². The van der Waals surface area contributed by atoms with Gasteiger partial charge in [0.15, 0.2) is 5.96 Å². The Bertz CT molecular complexity index is 825. The van der Waals surface area contributed by atoms with Gasteiger partial charge in [0.25, 0.3) is 0 Å². The molecule has 5 nitrogen and oxygen atoms in total. The van der Waals surface area contributed by atoms with Gasteiger partial charge in [-0.15, -0.1) is 0 Å². The molecular weight excluding hydrogens is 322 g/mol. The molecule has 0 saturated heterocycles. The van der Waals surface area contributed by atoms with E-state index in [2.05, 4.69) is 64.0 Å². The third kappa shape index (κ3) is 4.72. The molecule has 2 aromatic carbocycles. The lowest BCUT2D eigenvalue weighted by Crippen LogP contribution is -2.38. The zero-order chi connectivity index (χ0) is 18.2. The Morgan fingerprint density at radius 1 is 1.08 bits per heavy atom. The van der Waals surface area contributed by atoms with E-state index >= 15 is 0 Å². The predicted octanol–water partition coefficient (Wildman–Crippen LogP) is 3.34. The first kappa shape index (κ1) is 17.7. The molecule has 1 heterocycles. The summed E-state index contributed by atoms with van der Waals surface area (Å²) in [5.41, 5.74) is 3.55. The Hall–Kier alpha value is -3.08. The lowest BCUT2D eigenvalue weighted by Gasteiger charge is -2.16. The van der Waals surface area contributed by atoms with Crippen molar-refractivity contribution in [2.75, 3.05) is 13.6 Å². The largest absolute Gasteiger partial charge is 0.356 e. The maximum atomic E-state index is 4.32. The molecule has 1 aromatic heterocycles. The topological polar surface area (TPSA) is 54.2 Å². The molecule has 5 heteroatoms. The van der Waals surface area contributed by atoms with Crippen LogP contribution in [0.3, 0.4) is 0 Å². The molecule has 0 bridgehead atoms. The Kier molecular flexibility index (Phi) is 6.04. The maximum absolute atomic E-state index is 4.32. The van der Waals surface area contributed by atoms with E-state index in [9.17, 15) is 0 Å². The molecule has 2 N–H and O–H groups in total. The van der Waals surface area contributed by atoms with Crippen LogP contribution in [-0.4, -0.2) is 29.3 Å². The lowest BCUT2D eigenvalue weighted by molar-refractivity contribution is 0.699. The summed E-state index contributed by atoms with van der Waals surface area (Å²) in [6.07, 6.45) is 3.72. The second kappa shape index (κ2) is 8.85. The van der Waals surface area contributed by atoms with Crippen LogP contribution in [-0.2, 0) is 6.54 Å². The molecule has 134 valence electrons. The quantitative estimate of drug-likeness (QED) is 0.531. The van der Waals surface area contributed by atoms with Crippen LogP contribution in [0.25, 0.3) is 5.69 Å². The minimum Gasteiger partial charge on any atom is -0.356 e. The molecular formula is C21H25N5. The minimum absolute atomic E-state index is 0.415. The Morgan fingerprint density at radius 3 is 2.65 bits per heavy atom. The molecule has 0 spiro atoms. The fraction of sp³-hybridized carbons (Fsp3) is 0.238. The summed E-state index contributed by atoms with van der Waals surface area (Å²) in [5, 5.41) is 11.1. The fourth-order valence-electron chi connectivity index (χ4n) is 2.79. The number of hydrogen-bond acceptors (Lipinski definition) is 2. The molecule has 3 rings (SSSR count). The van der Waals surface area contributed by atoms with Gasteiger partial charge in [0, 0.05) is 32.5 Å². The normalized spacial score (nSPS) is 12.6. The first-order valence-electron chi connectivity index (χ1n) is 8.84. The van der Waals surface area contributed by atoms with E-state index in [1.165, 1.54) is 11.1 Å². The SMILES string of the molecule is CN=C(NCc1cccc(-n2cccn2)c1)NCC(C)c1ccccc1. The summed E-state index contributed by atoms with van der Waals surface area (Å²) < 4.78 is 1.86. The third-order valence-electron chi connectivity index (χ3n) is 4.31. The Balaban J connectivity index is 1.54. The van der Waals surface area contributed by atoms with Gasteiger partial charge in [0.2, 0.25) is 0 Å². The highest BCUT2D eigenvalue weighted by Crippen LogP contribution is 2.13. The molecule has 0 saturated carbocycles. The van der Waals surface area contributed by atoms with Gasteiger partial charge >= 0.3 is 0 Å². The van der Waals surface area contributed by atoms with Gasteiger partial charge < -0.3 is 10.6 Å². The summed E-state index contributed by atoms with van der Waals surface area (Å²) in [6.45, 7) is 3.74. The van der Waals surface area contributed by atoms with Gasteiger partial charge in [-0.1, -0.05) is 49.4 Å². The maximum Gasteiger partial charge on any atom is 0.191 e. The van der Waals surface area contributed by atoms with Crippen molar-refractivity contribution >= 4 is 5.96 Å². The van der Waals surface area contributed by atoms with E-state index in [0.717, 1.165) is 18.2 Å². The number of hydrogen-bond donors (Lipinski definition) is 2. The van der Waals surface area contributed by atoms with Crippen LogP contribution in [0.5, 0.6) is 0 Å². The second-order valence-corrected chi connectivity index (χ2v) is 6.24. The summed E-state index contributed by atoms with van der Waals surface area (Å²) in [5.74, 6) is 1.22. The van der Waals surface area contributed by atoms with Crippen LogP contribution in [0.15, 0.2) is 78.0 Å². The van der Waals surface area contributed by atoms with E-state index in [1.807, 2.05) is 35.1 Å². The molecule has 0 radical (unpaired) electrons. The summed E-state index contributed by atoms with van der Waals surface area (Å²) in [6, 6.07) is 20.7. The number of aromatic nitrogens is 2. The highest BCUT2D eigenvalue weighted by Gasteiger charge is 2.06. The monoisotopic (exact) mass is 347 g/mol.